The molecule has 4 nitrogen and oxygen atoms in total. The first-order chi connectivity index (χ1) is 6.66. The maximum atomic E-state index is 11.3. The second-order valence-corrected chi connectivity index (χ2v) is 4.61. The van der Waals surface area contributed by atoms with Gasteiger partial charge in [0.2, 0.25) is 0 Å². The predicted octanol–water partition coefficient (Wildman–Crippen LogP) is 1.77. The molecule has 0 radical (unpaired) electrons. The van der Waals surface area contributed by atoms with Crippen LogP contribution in [0.25, 0.3) is 9.40 Å². The second kappa shape index (κ2) is 3.39. The molecule has 0 spiro atoms. The Hall–Kier alpha value is -1.40. The molecular formula is C8H6N2O2S2. The van der Waals surface area contributed by atoms with Crippen LogP contribution in [0.15, 0.2) is 17.5 Å². The Morgan fingerprint density at radius 2 is 2.14 bits per heavy atom. The van der Waals surface area contributed by atoms with Crippen LogP contribution in [0.3, 0.4) is 0 Å². The summed E-state index contributed by atoms with van der Waals surface area (Å²) in [4.78, 5) is 22.3. The maximum absolute atomic E-state index is 11.3. The Morgan fingerprint density at radius 3 is 2.79 bits per heavy atom. The molecule has 3 amide bonds. The summed E-state index contributed by atoms with van der Waals surface area (Å²) in [5.74, 6) is -0.439. The van der Waals surface area contributed by atoms with Crippen molar-refractivity contribution in [3.63, 3.8) is 0 Å². The standard InChI is InChI=1S/C8H6N2O2S2/c9-8(12)10-7(11)6-3-5-4(14-6)1-2-13-5/h1-3H,(H3,9,10,11,12). The fourth-order valence-electron chi connectivity index (χ4n) is 1.05. The van der Waals surface area contributed by atoms with Crippen molar-refractivity contribution in [1.29, 1.82) is 0 Å². The molecule has 0 bridgehead atoms. The van der Waals surface area contributed by atoms with Crippen LogP contribution in [0.5, 0.6) is 0 Å². The molecule has 3 N–H and O–H groups in total. The number of urea groups is 1. The summed E-state index contributed by atoms with van der Waals surface area (Å²) in [6, 6.07) is 2.86. The number of nitrogens with two attached hydrogens (primary N) is 1. The molecule has 14 heavy (non-hydrogen) atoms. The number of nitrogens with one attached hydrogen (secondary N) is 1. The van der Waals surface area contributed by atoms with E-state index in [2.05, 4.69) is 0 Å². The molecule has 0 atom stereocenters. The number of hydrogen-bond acceptors (Lipinski definition) is 4. The smallest absolute Gasteiger partial charge is 0.319 e. The molecule has 0 aliphatic heterocycles. The SMILES string of the molecule is NC(=O)NC(=O)c1cc2sccc2s1. The van der Waals surface area contributed by atoms with Crippen molar-refractivity contribution in [3.05, 3.63) is 22.4 Å². The van der Waals surface area contributed by atoms with Crippen molar-refractivity contribution in [2.75, 3.05) is 0 Å². The molecule has 0 aliphatic carbocycles. The van der Waals surface area contributed by atoms with E-state index in [1.165, 1.54) is 11.3 Å². The summed E-state index contributed by atoms with van der Waals surface area (Å²) in [6.45, 7) is 0. The Bertz CT molecular complexity index is 472. The highest BCUT2D eigenvalue weighted by molar-refractivity contribution is 7.27. The average Bonchev–Trinajstić information content (AvgIpc) is 2.58. The average molecular weight is 226 g/mol. The predicted molar refractivity (Wildman–Crippen MR) is 56.8 cm³/mol. The minimum atomic E-state index is -0.827. The molecule has 2 aromatic heterocycles. The van der Waals surface area contributed by atoms with Gasteiger partial charge in [-0.25, -0.2) is 4.79 Å². The zero-order valence-electron chi connectivity index (χ0n) is 6.94. The highest BCUT2D eigenvalue weighted by Crippen LogP contribution is 2.29. The van der Waals surface area contributed by atoms with Crippen LogP contribution in [-0.4, -0.2) is 11.9 Å². The van der Waals surface area contributed by atoms with Gasteiger partial charge in [0.15, 0.2) is 0 Å². The monoisotopic (exact) mass is 226 g/mol. The summed E-state index contributed by atoms with van der Waals surface area (Å²) in [5.41, 5.74) is 4.84. The van der Waals surface area contributed by atoms with Gasteiger partial charge in [0.05, 0.1) is 4.88 Å². The Kier molecular flexibility index (Phi) is 2.22. The molecule has 2 rings (SSSR count). The Labute approximate surface area is 87.3 Å². The lowest BCUT2D eigenvalue weighted by atomic mass is 10.4. The summed E-state index contributed by atoms with van der Waals surface area (Å²) in [5, 5.41) is 3.98. The van der Waals surface area contributed by atoms with Crippen molar-refractivity contribution in [3.8, 4) is 0 Å². The number of thiophene rings is 2. The number of hydrogen-bond donors (Lipinski definition) is 2. The lowest BCUT2D eigenvalue weighted by molar-refractivity contribution is 0.0970. The van der Waals surface area contributed by atoms with Gasteiger partial charge in [-0.1, -0.05) is 0 Å². The first kappa shape index (κ1) is 9.17. The largest absolute Gasteiger partial charge is 0.351 e. The van der Waals surface area contributed by atoms with Gasteiger partial charge in [-0.15, -0.1) is 22.7 Å². The molecule has 6 heteroatoms. The maximum Gasteiger partial charge on any atom is 0.319 e. The van der Waals surface area contributed by atoms with Crippen molar-refractivity contribution in [2.24, 2.45) is 5.73 Å². The number of carbonyl (C=O) groups is 2. The van der Waals surface area contributed by atoms with Gasteiger partial charge in [-0.2, -0.15) is 0 Å². The van der Waals surface area contributed by atoms with Gasteiger partial charge < -0.3 is 5.73 Å². The molecule has 0 saturated heterocycles. The molecule has 0 unspecified atom stereocenters. The van der Waals surface area contributed by atoms with E-state index in [4.69, 9.17) is 5.73 Å². The van der Waals surface area contributed by atoms with E-state index in [1.807, 2.05) is 16.8 Å². The van der Waals surface area contributed by atoms with Gasteiger partial charge >= 0.3 is 6.03 Å². The van der Waals surface area contributed by atoms with E-state index in [9.17, 15) is 9.59 Å². The molecule has 72 valence electrons. The van der Waals surface area contributed by atoms with Crippen LogP contribution in [0, 0.1) is 0 Å². The fraction of sp³-hybridized carbons (Fsp3) is 0. The van der Waals surface area contributed by atoms with Crippen molar-refractivity contribution in [2.45, 2.75) is 0 Å². The highest BCUT2D eigenvalue weighted by atomic mass is 32.1. The lowest BCUT2D eigenvalue weighted by Crippen LogP contribution is -2.34. The summed E-state index contributed by atoms with van der Waals surface area (Å²) >= 11 is 2.90. The third kappa shape index (κ3) is 1.61. The van der Waals surface area contributed by atoms with Gasteiger partial charge in [0, 0.05) is 9.40 Å². The zero-order chi connectivity index (χ0) is 10.1. The number of rotatable bonds is 1. The van der Waals surface area contributed by atoms with E-state index in [-0.39, 0.29) is 0 Å². The number of imide groups is 1. The third-order valence-electron chi connectivity index (χ3n) is 1.60. The van der Waals surface area contributed by atoms with Crippen LogP contribution in [0.2, 0.25) is 0 Å². The van der Waals surface area contributed by atoms with Crippen LogP contribution < -0.4 is 11.1 Å². The van der Waals surface area contributed by atoms with E-state index in [0.717, 1.165) is 9.40 Å². The highest BCUT2D eigenvalue weighted by Gasteiger charge is 2.11. The van der Waals surface area contributed by atoms with E-state index < -0.39 is 11.9 Å². The molecule has 0 aliphatic rings. The lowest BCUT2D eigenvalue weighted by Gasteiger charge is -1.94. The second-order valence-electron chi connectivity index (χ2n) is 2.58. The first-order valence-corrected chi connectivity index (χ1v) is 5.44. The minimum absolute atomic E-state index is 0.439. The Balaban J connectivity index is 2.30. The normalized spacial score (nSPS) is 10.3. The number of amides is 3. The van der Waals surface area contributed by atoms with E-state index in [0.29, 0.717) is 4.88 Å². The molecule has 0 aromatic carbocycles. The number of carbonyl (C=O) groups excluding carboxylic acids is 2. The van der Waals surface area contributed by atoms with Crippen LogP contribution in [0.1, 0.15) is 9.67 Å². The fourth-order valence-corrected chi connectivity index (χ4v) is 3.06. The van der Waals surface area contributed by atoms with E-state index >= 15 is 0 Å². The molecule has 2 aromatic rings. The first-order valence-electron chi connectivity index (χ1n) is 3.74. The van der Waals surface area contributed by atoms with Gasteiger partial charge in [-0.05, 0) is 17.5 Å². The van der Waals surface area contributed by atoms with Crippen LogP contribution in [-0.2, 0) is 0 Å². The molecule has 0 fully saturated rings. The molecule has 0 saturated carbocycles. The summed E-state index contributed by atoms with van der Waals surface area (Å²) in [7, 11) is 0. The van der Waals surface area contributed by atoms with Crippen molar-refractivity contribution >= 4 is 44.0 Å². The Morgan fingerprint density at radius 1 is 1.36 bits per heavy atom. The summed E-state index contributed by atoms with van der Waals surface area (Å²) < 4.78 is 2.09. The summed E-state index contributed by atoms with van der Waals surface area (Å²) in [6.07, 6.45) is 0. The van der Waals surface area contributed by atoms with Crippen molar-refractivity contribution < 1.29 is 9.59 Å². The van der Waals surface area contributed by atoms with Gasteiger partial charge in [-0.3, -0.25) is 10.1 Å². The van der Waals surface area contributed by atoms with Gasteiger partial charge in [0.25, 0.3) is 5.91 Å². The van der Waals surface area contributed by atoms with Gasteiger partial charge in [0.1, 0.15) is 0 Å². The topological polar surface area (TPSA) is 72.2 Å². The number of primary amides is 1. The molecular weight excluding hydrogens is 220 g/mol. The van der Waals surface area contributed by atoms with Crippen LogP contribution >= 0.6 is 22.7 Å². The minimum Gasteiger partial charge on any atom is -0.351 e. The van der Waals surface area contributed by atoms with E-state index in [1.54, 1.807) is 17.4 Å². The third-order valence-corrected chi connectivity index (χ3v) is 3.69. The quantitative estimate of drug-likeness (QED) is 0.777. The molecule has 2 heterocycles. The van der Waals surface area contributed by atoms with Crippen LogP contribution in [0.4, 0.5) is 4.79 Å². The van der Waals surface area contributed by atoms with Crippen molar-refractivity contribution in [1.82, 2.24) is 5.32 Å². The number of fused-ring (bicyclic) bond motifs is 1. The zero-order valence-corrected chi connectivity index (χ0v) is 8.58.